The van der Waals surface area contributed by atoms with E-state index in [1.54, 1.807) is 36.1 Å². The highest BCUT2D eigenvalue weighted by atomic mass is 19.1. The Bertz CT molecular complexity index is 1060. The number of anilines is 1. The van der Waals surface area contributed by atoms with Gasteiger partial charge < -0.3 is 20.3 Å². The second-order valence-electron chi connectivity index (χ2n) is 7.67. The zero-order chi connectivity index (χ0) is 22.7. The number of hydrogen-bond acceptors (Lipinski definition) is 5. The SMILES string of the molecule is CCOC(=O)c1ccc(NC(=O)N2CCC3(CC2)N=C(c2ccc(F)cc2)C(=O)N3)cc1. The molecular weight excluding hydrogens is 415 g/mol. The summed E-state index contributed by atoms with van der Waals surface area (Å²) in [6.45, 7) is 2.85. The van der Waals surface area contributed by atoms with E-state index in [-0.39, 0.29) is 23.5 Å². The van der Waals surface area contributed by atoms with E-state index in [1.807, 2.05) is 0 Å². The maximum Gasteiger partial charge on any atom is 0.338 e. The number of amides is 3. The van der Waals surface area contributed by atoms with Crippen LogP contribution in [0.15, 0.2) is 53.5 Å². The summed E-state index contributed by atoms with van der Waals surface area (Å²) in [7, 11) is 0. The van der Waals surface area contributed by atoms with Crippen molar-refractivity contribution in [1.29, 1.82) is 0 Å². The van der Waals surface area contributed by atoms with Crippen LogP contribution >= 0.6 is 0 Å². The number of nitrogens with one attached hydrogen (secondary N) is 2. The molecule has 3 amide bonds. The molecule has 166 valence electrons. The van der Waals surface area contributed by atoms with Gasteiger partial charge in [0.1, 0.15) is 17.2 Å². The molecule has 0 aliphatic carbocycles. The lowest BCUT2D eigenvalue weighted by Gasteiger charge is -2.37. The zero-order valence-electron chi connectivity index (χ0n) is 17.6. The number of hydrogen-bond donors (Lipinski definition) is 2. The molecule has 1 fully saturated rings. The van der Waals surface area contributed by atoms with Crippen molar-refractivity contribution >= 4 is 29.3 Å². The molecule has 9 heteroatoms. The summed E-state index contributed by atoms with van der Waals surface area (Å²) in [5, 5.41) is 5.74. The largest absolute Gasteiger partial charge is 0.462 e. The van der Waals surface area contributed by atoms with Crippen LogP contribution in [0.2, 0.25) is 0 Å². The molecule has 2 aliphatic heterocycles. The molecule has 2 N–H and O–H groups in total. The molecular formula is C23H23FN4O4. The minimum Gasteiger partial charge on any atom is -0.462 e. The van der Waals surface area contributed by atoms with Gasteiger partial charge in [-0.3, -0.25) is 9.79 Å². The fraction of sp³-hybridized carbons (Fsp3) is 0.304. The Hall–Kier alpha value is -3.75. The van der Waals surface area contributed by atoms with Crippen LogP contribution in [0.3, 0.4) is 0 Å². The molecule has 2 aromatic rings. The van der Waals surface area contributed by atoms with Crippen LogP contribution in [-0.4, -0.2) is 53.9 Å². The monoisotopic (exact) mass is 438 g/mol. The standard InChI is InChI=1S/C23H23FN4O4/c1-2-32-21(30)16-5-9-18(10-6-16)25-22(31)28-13-11-23(12-14-28)26-19(20(29)27-23)15-3-7-17(24)8-4-15/h3-10H,2,11-14H2,1H3,(H,25,31)(H,27,29). The van der Waals surface area contributed by atoms with Crippen LogP contribution < -0.4 is 10.6 Å². The summed E-state index contributed by atoms with van der Waals surface area (Å²) in [5.74, 6) is -1.08. The summed E-state index contributed by atoms with van der Waals surface area (Å²) in [6, 6.07) is 11.9. The molecule has 0 unspecified atom stereocenters. The molecule has 0 saturated carbocycles. The number of carbonyl (C=O) groups excluding carboxylic acids is 3. The Labute approximate surface area is 184 Å². The Morgan fingerprint density at radius 1 is 1.12 bits per heavy atom. The number of carbonyl (C=O) groups is 3. The van der Waals surface area contributed by atoms with Gasteiger partial charge in [0.15, 0.2) is 0 Å². The first-order chi connectivity index (χ1) is 15.4. The fourth-order valence-electron chi connectivity index (χ4n) is 3.79. The molecule has 0 radical (unpaired) electrons. The minimum atomic E-state index is -0.751. The summed E-state index contributed by atoms with van der Waals surface area (Å²) in [4.78, 5) is 43.1. The van der Waals surface area contributed by atoms with Gasteiger partial charge in [-0.05, 0) is 55.5 Å². The second-order valence-corrected chi connectivity index (χ2v) is 7.67. The van der Waals surface area contributed by atoms with Gasteiger partial charge in [0.05, 0.1) is 12.2 Å². The second kappa shape index (κ2) is 8.78. The van der Waals surface area contributed by atoms with Gasteiger partial charge in [-0.1, -0.05) is 0 Å². The number of aliphatic imine (C=N–C) groups is 1. The lowest BCUT2D eigenvalue weighted by molar-refractivity contribution is -0.115. The van der Waals surface area contributed by atoms with Crippen LogP contribution in [0, 0.1) is 5.82 Å². The normalized spacial score (nSPS) is 17.0. The third kappa shape index (κ3) is 4.46. The molecule has 2 aromatic carbocycles. The molecule has 0 aromatic heterocycles. The Kier molecular flexibility index (Phi) is 5.89. The number of halogens is 1. The maximum absolute atomic E-state index is 13.2. The topological polar surface area (TPSA) is 100 Å². The molecule has 0 bridgehead atoms. The number of rotatable bonds is 4. The fourth-order valence-corrected chi connectivity index (χ4v) is 3.79. The molecule has 8 nitrogen and oxygen atoms in total. The summed E-state index contributed by atoms with van der Waals surface area (Å²) in [5.41, 5.74) is 1.07. The third-order valence-electron chi connectivity index (χ3n) is 5.53. The lowest BCUT2D eigenvalue weighted by atomic mass is 9.98. The number of urea groups is 1. The van der Waals surface area contributed by atoms with Crippen molar-refractivity contribution in [2.75, 3.05) is 25.0 Å². The van der Waals surface area contributed by atoms with Gasteiger partial charge in [-0.15, -0.1) is 0 Å². The van der Waals surface area contributed by atoms with E-state index in [9.17, 15) is 18.8 Å². The van der Waals surface area contributed by atoms with Crippen LogP contribution in [0.5, 0.6) is 0 Å². The summed E-state index contributed by atoms with van der Waals surface area (Å²) < 4.78 is 18.1. The number of piperidine rings is 1. The highest BCUT2D eigenvalue weighted by Crippen LogP contribution is 2.29. The summed E-state index contributed by atoms with van der Waals surface area (Å²) >= 11 is 0. The van der Waals surface area contributed by atoms with Gasteiger partial charge in [0.25, 0.3) is 5.91 Å². The molecule has 2 aliphatic rings. The average molecular weight is 438 g/mol. The molecule has 32 heavy (non-hydrogen) atoms. The number of likely N-dealkylation sites (tertiary alicyclic amines) is 1. The van der Waals surface area contributed by atoms with Crippen molar-refractivity contribution < 1.29 is 23.5 Å². The van der Waals surface area contributed by atoms with Crippen molar-refractivity contribution in [2.24, 2.45) is 4.99 Å². The van der Waals surface area contributed by atoms with Crippen LogP contribution in [0.25, 0.3) is 0 Å². The van der Waals surface area contributed by atoms with Crippen molar-refractivity contribution in [1.82, 2.24) is 10.2 Å². The third-order valence-corrected chi connectivity index (χ3v) is 5.53. The number of ether oxygens (including phenoxy) is 1. The number of nitrogens with zero attached hydrogens (tertiary/aromatic N) is 2. The van der Waals surface area contributed by atoms with E-state index in [1.165, 1.54) is 24.3 Å². The van der Waals surface area contributed by atoms with Crippen LogP contribution in [0.1, 0.15) is 35.7 Å². The van der Waals surface area contributed by atoms with Gasteiger partial charge >= 0.3 is 12.0 Å². The average Bonchev–Trinajstić information content (AvgIpc) is 3.11. The van der Waals surface area contributed by atoms with Crippen LogP contribution in [-0.2, 0) is 9.53 Å². The van der Waals surface area contributed by atoms with Crippen molar-refractivity contribution in [2.45, 2.75) is 25.4 Å². The van der Waals surface area contributed by atoms with Gasteiger partial charge in [0.2, 0.25) is 0 Å². The smallest absolute Gasteiger partial charge is 0.338 e. The number of benzene rings is 2. The quantitative estimate of drug-likeness (QED) is 0.717. The van der Waals surface area contributed by atoms with E-state index in [0.29, 0.717) is 49.4 Å². The molecule has 1 spiro atoms. The molecule has 1 saturated heterocycles. The van der Waals surface area contributed by atoms with E-state index >= 15 is 0 Å². The summed E-state index contributed by atoms with van der Waals surface area (Å²) in [6.07, 6.45) is 0.942. The van der Waals surface area contributed by atoms with Gasteiger partial charge in [-0.25, -0.2) is 14.0 Å². The Balaban J connectivity index is 1.36. The predicted octanol–water partition coefficient (Wildman–Crippen LogP) is 2.95. The van der Waals surface area contributed by atoms with E-state index in [4.69, 9.17) is 4.74 Å². The van der Waals surface area contributed by atoms with Crippen molar-refractivity contribution in [3.8, 4) is 0 Å². The first-order valence-electron chi connectivity index (χ1n) is 10.4. The Morgan fingerprint density at radius 3 is 2.41 bits per heavy atom. The van der Waals surface area contributed by atoms with Crippen molar-refractivity contribution in [3.05, 3.63) is 65.5 Å². The predicted molar refractivity (Wildman–Crippen MR) is 116 cm³/mol. The maximum atomic E-state index is 13.2. The van der Waals surface area contributed by atoms with Crippen LogP contribution in [0.4, 0.5) is 14.9 Å². The molecule has 4 rings (SSSR count). The van der Waals surface area contributed by atoms with E-state index < -0.39 is 11.6 Å². The van der Waals surface area contributed by atoms with Gasteiger partial charge in [0, 0.05) is 37.2 Å². The van der Waals surface area contributed by atoms with Gasteiger partial charge in [-0.2, -0.15) is 0 Å². The highest BCUT2D eigenvalue weighted by Gasteiger charge is 2.42. The minimum absolute atomic E-state index is 0.268. The highest BCUT2D eigenvalue weighted by molar-refractivity contribution is 6.46. The first kappa shape index (κ1) is 21.5. The first-order valence-corrected chi connectivity index (χ1v) is 10.4. The molecule has 0 atom stereocenters. The Morgan fingerprint density at radius 2 is 1.78 bits per heavy atom. The number of esters is 1. The lowest BCUT2D eigenvalue weighted by Crippen LogP contribution is -2.53. The van der Waals surface area contributed by atoms with E-state index in [0.717, 1.165) is 0 Å². The zero-order valence-corrected chi connectivity index (χ0v) is 17.6. The van der Waals surface area contributed by atoms with Crippen molar-refractivity contribution in [3.63, 3.8) is 0 Å². The molecule has 2 heterocycles. The van der Waals surface area contributed by atoms with E-state index in [2.05, 4.69) is 15.6 Å².